The van der Waals surface area contributed by atoms with Gasteiger partial charge in [-0.05, 0) is 16.7 Å². The van der Waals surface area contributed by atoms with E-state index in [1.807, 2.05) is 91.0 Å². The van der Waals surface area contributed by atoms with Crippen LogP contribution >= 0.6 is 0 Å². The van der Waals surface area contributed by atoms with Gasteiger partial charge in [0.05, 0.1) is 38.4 Å². The van der Waals surface area contributed by atoms with E-state index >= 15 is 0 Å². The predicted octanol–water partition coefficient (Wildman–Crippen LogP) is 4.56. The first-order valence-electron chi connectivity index (χ1n) is 11.8. The van der Waals surface area contributed by atoms with E-state index in [1.54, 1.807) is 7.11 Å². The quantitative estimate of drug-likeness (QED) is 0.357. The second-order valence-electron chi connectivity index (χ2n) is 8.52. The van der Waals surface area contributed by atoms with Crippen molar-refractivity contribution in [2.24, 2.45) is 5.92 Å². The zero-order chi connectivity index (χ0) is 24.3. The van der Waals surface area contributed by atoms with E-state index in [0.717, 1.165) is 23.0 Å². The molecular formula is C29H32O6. The minimum absolute atomic E-state index is 0.254. The summed E-state index contributed by atoms with van der Waals surface area (Å²) in [4.78, 5) is 12.4. The molecule has 184 valence electrons. The largest absolute Gasteiger partial charge is 0.374 e. The Morgan fingerprint density at radius 2 is 1.20 bits per heavy atom. The first kappa shape index (κ1) is 25.2. The maximum absolute atomic E-state index is 12.4. The highest BCUT2D eigenvalue weighted by Gasteiger charge is 2.47. The summed E-state index contributed by atoms with van der Waals surface area (Å²) >= 11 is 0. The van der Waals surface area contributed by atoms with Crippen LogP contribution in [0, 0.1) is 5.92 Å². The normalized spacial score (nSPS) is 24.2. The topological polar surface area (TPSA) is 63.2 Å². The molecule has 0 bridgehead atoms. The van der Waals surface area contributed by atoms with Crippen molar-refractivity contribution >= 4 is 6.29 Å². The van der Waals surface area contributed by atoms with Crippen molar-refractivity contribution < 1.29 is 28.5 Å². The Hall–Kier alpha value is -2.87. The predicted molar refractivity (Wildman–Crippen MR) is 131 cm³/mol. The molecule has 1 fully saturated rings. The van der Waals surface area contributed by atoms with Crippen molar-refractivity contribution in [3.8, 4) is 0 Å². The van der Waals surface area contributed by atoms with Crippen LogP contribution in [-0.4, -0.2) is 44.6 Å². The van der Waals surface area contributed by atoms with Crippen LogP contribution in [0.5, 0.6) is 0 Å². The number of hydrogen-bond donors (Lipinski definition) is 0. The molecule has 6 heteroatoms. The van der Waals surface area contributed by atoms with E-state index < -0.39 is 30.5 Å². The van der Waals surface area contributed by atoms with Gasteiger partial charge >= 0.3 is 0 Å². The molecule has 3 aromatic rings. The van der Waals surface area contributed by atoms with E-state index in [9.17, 15) is 4.79 Å². The Morgan fingerprint density at radius 3 is 1.69 bits per heavy atom. The maximum Gasteiger partial charge on any atom is 0.184 e. The smallest absolute Gasteiger partial charge is 0.184 e. The van der Waals surface area contributed by atoms with Gasteiger partial charge in [-0.3, -0.25) is 0 Å². The lowest BCUT2D eigenvalue weighted by Crippen LogP contribution is -2.58. The average molecular weight is 477 g/mol. The summed E-state index contributed by atoms with van der Waals surface area (Å²) in [5.41, 5.74) is 3.07. The Balaban J connectivity index is 1.48. The van der Waals surface area contributed by atoms with Gasteiger partial charge in [0, 0.05) is 7.11 Å². The molecule has 0 spiro atoms. The number of hydrogen-bond acceptors (Lipinski definition) is 6. The number of rotatable bonds is 12. The van der Waals surface area contributed by atoms with Gasteiger partial charge in [0.15, 0.2) is 6.29 Å². The molecule has 1 saturated heterocycles. The molecule has 35 heavy (non-hydrogen) atoms. The second kappa shape index (κ2) is 13.3. The molecule has 0 aliphatic carbocycles. The molecule has 0 saturated carbocycles. The third kappa shape index (κ3) is 7.07. The SMILES string of the molecule is CO[C@@H]1OC(COCc2ccccc2)[C@H](OCc2ccccc2)C(C=O)C1OCc1ccccc1. The Bertz CT molecular complexity index is 997. The fraction of sp³-hybridized carbons (Fsp3) is 0.345. The minimum atomic E-state index is -0.726. The Kier molecular flexibility index (Phi) is 9.57. The third-order valence-corrected chi connectivity index (χ3v) is 6.06. The van der Waals surface area contributed by atoms with Gasteiger partial charge in [-0.25, -0.2) is 0 Å². The van der Waals surface area contributed by atoms with Crippen LogP contribution in [0.4, 0.5) is 0 Å². The fourth-order valence-electron chi connectivity index (χ4n) is 4.23. The van der Waals surface area contributed by atoms with E-state index in [2.05, 4.69) is 0 Å². The summed E-state index contributed by atoms with van der Waals surface area (Å²) in [7, 11) is 1.55. The van der Waals surface area contributed by atoms with Crippen LogP contribution in [-0.2, 0) is 48.3 Å². The molecule has 1 heterocycles. The van der Waals surface area contributed by atoms with E-state index in [1.165, 1.54) is 0 Å². The first-order chi connectivity index (χ1) is 17.3. The average Bonchev–Trinajstić information content (AvgIpc) is 2.92. The molecule has 6 nitrogen and oxygen atoms in total. The Labute approximate surface area is 206 Å². The van der Waals surface area contributed by atoms with Crippen molar-refractivity contribution in [3.05, 3.63) is 108 Å². The number of methoxy groups -OCH3 is 1. The number of aldehydes is 1. The van der Waals surface area contributed by atoms with Crippen LogP contribution in [0.2, 0.25) is 0 Å². The Morgan fingerprint density at radius 1 is 0.714 bits per heavy atom. The van der Waals surface area contributed by atoms with Gasteiger partial charge in [-0.15, -0.1) is 0 Å². The monoisotopic (exact) mass is 476 g/mol. The van der Waals surface area contributed by atoms with Gasteiger partial charge in [0.2, 0.25) is 0 Å². The molecule has 4 rings (SSSR count). The molecule has 0 N–H and O–H groups in total. The molecule has 0 aromatic heterocycles. The highest BCUT2D eigenvalue weighted by atomic mass is 16.7. The second-order valence-corrected chi connectivity index (χ2v) is 8.52. The highest BCUT2D eigenvalue weighted by molar-refractivity contribution is 5.56. The summed E-state index contributed by atoms with van der Waals surface area (Å²) in [5, 5.41) is 0. The fourth-order valence-corrected chi connectivity index (χ4v) is 4.23. The highest BCUT2D eigenvalue weighted by Crippen LogP contribution is 2.31. The molecule has 1 aliphatic rings. The van der Waals surface area contributed by atoms with Crippen molar-refractivity contribution in [2.75, 3.05) is 13.7 Å². The van der Waals surface area contributed by atoms with Crippen LogP contribution in [0.25, 0.3) is 0 Å². The lowest BCUT2D eigenvalue weighted by atomic mass is 9.89. The summed E-state index contributed by atoms with van der Waals surface area (Å²) < 4.78 is 30.3. The van der Waals surface area contributed by atoms with Gasteiger partial charge in [-0.2, -0.15) is 0 Å². The van der Waals surface area contributed by atoms with Gasteiger partial charge < -0.3 is 28.5 Å². The van der Waals surface area contributed by atoms with E-state index in [-0.39, 0.29) is 6.61 Å². The molecule has 3 aromatic carbocycles. The van der Waals surface area contributed by atoms with Crippen LogP contribution in [0.15, 0.2) is 91.0 Å². The summed E-state index contributed by atoms with van der Waals surface area (Å²) in [6, 6.07) is 29.6. The first-order valence-corrected chi connectivity index (χ1v) is 11.8. The van der Waals surface area contributed by atoms with Crippen molar-refractivity contribution in [1.82, 2.24) is 0 Å². The summed E-state index contributed by atoms with van der Waals surface area (Å²) in [6.07, 6.45) is -1.51. The minimum Gasteiger partial charge on any atom is -0.374 e. The zero-order valence-electron chi connectivity index (χ0n) is 19.9. The number of benzene rings is 3. The van der Waals surface area contributed by atoms with E-state index in [0.29, 0.717) is 19.8 Å². The van der Waals surface area contributed by atoms with Crippen molar-refractivity contribution in [2.45, 2.75) is 44.4 Å². The molecule has 3 unspecified atom stereocenters. The lowest BCUT2D eigenvalue weighted by molar-refractivity contribution is -0.297. The zero-order valence-corrected chi connectivity index (χ0v) is 19.9. The maximum atomic E-state index is 12.4. The number of carbonyl (C=O) groups excluding carboxylic acids is 1. The van der Waals surface area contributed by atoms with Gasteiger partial charge in [-0.1, -0.05) is 91.0 Å². The van der Waals surface area contributed by atoms with Crippen molar-refractivity contribution in [1.29, 1.82) is 0 Å². The van der Waals surface area contributed by atoms with Gasteiger partial charge in [0.25, 0.3) is 0 Å². The molecule has 0 amide bonds. The van der Waals surface area contributed by atoms with Crippen molar-refractivity contribution in [3.63, 3.8) is 0 Å². The molecule has 5 atom stereocenters. The van der Waals surface area contributed by atoms with Crippen LogP contribution < -0.4 is 0 Å². The number of ether oxygens (including phenoxy) is 5. The molecular weight excluding hydrogens is 444 g/mol. The molecule has 0 radical (unpaired) electrons. The third-order valence-electron chi connectivity index (χ3n) is 6.06. The van der Waals surface area contributed by atoms with E-state index in [4.69, 9.17) is 23.7 Å². The number of carbonyl (C=O) groups is 1. The van der Waals surface area contributed by atoms with Gasteiger partial charge in [0.1, 0.15) is 18.5 Å². The summed E-state index contributed by atoms with van der Waals surface area (Å²) in [6.45, 7) is 1.37. The molecule has 1 aliphatic heterocycles. The summed E-state index contributed by atoms with van der Waals surface area (Å²) in [5.74, 6) is -0.591. The van der Waals surface area contributed by atoms with Crippen LogP contribution in [0.3, 0.4) is 0 Å². The van der Waals surface area contributed by atoms with Crippen LogP contribution in [0.1, 0.15) is 16.7 Å². The standard InChI is InChI=1S/C29H32O6/c1-31-29-28(34-20-24-15-9-4-10-16-24)25(17-30)27(33-19-23-13-7-3-8-14-23)26(35-29)21-32-18-22-11-5-2-6-12-22/h2-17,25-29H,18-21H2,1H3/t25?,26?,27-,28?,29-/m1/s1. The lowest BCUT2D eigenvalue weighted by Gasteiger charge is -2.43.